The highest BCUT2D eigenvalue weighted by Crippen LogP contribution is 2.15. The Labute approximate surface area is 228 Å². The molecule has 0 bridgehead atoms. The first-order chi connectivity index (χ1) is 19.0. The van der Waals surface area contributed by atoms with Crippen molar-refractivity contribution in [2.24, 2.45) is 4.99 Å². The number of urea groups is 1. The summed E-state index contributed by atoms with van der Waals surface area (Å²) in [6.07, 6.45) is 3.53. The van der Waals surface area contributed by atoms with E-state index in [4.69, 9.17) is 10.1 Å². The van der Waals surface area contributed by atoms with Gasteiger partial charge in [0.25, 0.3) is 0 Å². The number of nitrogens with zero attached hydrogens (tertiary/aromatic N) is 5. The number of carbonyl (C=O) groups excluding carboxylic acids is 1. The zero-order chi connectivity index (χ0) is 27.0. The number of nitrogens with one attached hydrogen (secondary N) is 4. The van der Waals surface area contributed by atoms with E-state index in [1.54, 1.807) is 30.5 Å². The van der Waals surface area contributed by atoms with Crippen LogP contribution in [0.5, 0.6) is 0 Å². The van der Waals surface area contributed by atoms with Crippen molar-refractivity contribution in [3.05, 3.63) is 77.9 Å². The van der Waals surface area contributed by atoms with Crippen LogP contribution >= 0.6 is 0 Å². The lowest BCUT2D eigenvalue weighted by atomic mass is 10.2. The number of likely N-dealkylation sites (N-methyl/N-ethyl adjacent to an activating group) is 1. The summed E-state index contributed by atoms with van der Waals surface area (Å²) in [6, 6.07) is 14.4. The summed E-state index contributed by atoms with van der Waals surface area (Å²) in [4.78, 5) is 31.7. The highest BCUT2D eigenvalue weighted by Gasteiger charge is 2.19. The van der Waals surface area contributed by atoms with Gasteiger partial charge in [0.1, 0.15) is 0 Å². The molecule has 2 amide bonds. The maximum Gasteiger partial charge on any atom is 0.323 e. The van der Waals surface area contributed by atoms with E-state index in [0.29, 0.717) is 30.2 Å². The Kier molecular flexibility index (Phi) is 8.61. The van der Waals surface area contributed by atoms with Crippen LogP contribution in [-0.2, 0) is 11.3 Å². The van der Waals surface area contributed by atoms with Crippen LogP contribution in [0.3, 0.4) is 0 Å². The molecule has 1 aromatic carbocycles. The number of benzene rings is 1. The number of pyridine rings is 1. The van der Waals surface area contributed by atoms with Crippen molar-refractivity contribution in [3.8, 4) is 0 Å². The number of aromatic amines is 1. The molecule has 39 heavy (non-hydrogen) atoms. The number of aromatic nitrogens is 2. The minimum Gasteiger partial charge on any atom is -0.378 e. The number of amides is 2. The van der Waals surface area contributed by atoms with Crippen LogP contribution in [0.4, 0.5) is 16.2 Å². The third kappa shape index (κ3) is 7.29. The zero-order valence-electron chi connectivity index (χ0n) is 22.2. The van der Waals surface area contributed by atoms with Gasteiger partial charge in [0.2, 0.25) is 0 Å². The van der Waals surface area contributed by atoms with Crippen LogP contribution in [0.15, 0.2) is 65.9 Å². The topological polar surface area (TPSA) is 125 Å². The number of morpholine rings is 1. The highest BCUT2D eigenvalue weighted by molar-refractivity contribution is 6.10. The average Bonchev–Trinajstić information content (AvgIpc) is 3.49. The predicted octanol–water partition coefficient (Wildman–Crippen LogP) is 2.91. The number of aliphatic imine (C=N–C) groups is 1. The molecule has 5 rings (SSSR count). The van der Waals surface area contributed by atoms with Gasteiger partial charge in [-0.25, -0.2) is 9.79 Å². The van der Waals surface area contributed by atoms with Crippen LogP contribution in [0.1, 0.15) is 17.0 Å². The molecule has 2 aromatic heterocycles. The first kappa shape index (κ1) is 26.5. The molecule has 4 N–H and O–H groups in total. The van der Waals surface area contributed by atoms with Crippen molar-refractivity contribution in [1.29, 1.82) is 5.41 Å². The van der Waals surface area contributed by atoms with E-state index in [-0.39, 0.29) is 11.9 Å². The molecule has 0 radical (unpaired) electrons. The molecular formula is C28H35N9O2. The summed E-state index contributed by atoms with van der Waals surface area (Å²) >= 11 is 0. The fraction of sp³-hybridized carbons (Fsp3) is 0.357. The molecule has 3 aromatic rings. The third-order valence-corrected chi connectivity index (χ3v) is 6.85. The Balaban J connectivity index is 1.15. The van der Waals surface area contributed by atoms with E-state index >= 15 is 0 Å². The van der Waals surface area contributed by atoms with E-state index in [2.05, 4.69) is 47.3 Å². The lowest BCUT2D eigenvalue weighted by Crippen LogP contribution is -2.43. The molecule has 204 valence electrons. The number of rotatable bonds is 6. The van der Waals surface area contributed by atoms with E-state index in [9.17, 15) is 4.79 Å². The van der Waals surface area contributed by atoms with Gasteiger partial charge in [0.15, 0.2) is 11.7 Å². The monoisotopic (exact) mass is 529 g/mol. The Bertz CT molecular complexity index is 1260. The van der Waals surface area contributed by atoms with E-state index in [1.165, 1.54) is 0 Å². The van der Waals surface area contributed by atoms with Gasteiger partial charge in [0, 0.05) is 63.3 Å². The van der Waals surface area contributed by atoms with Crippen LogP contribution in [0.25, 0.3) is 0 Å². The van der Waals surface area contributed by atoms with Gasteiger partial charge in [-0.1, -0.05) is 0 Å². The van der Waals surface area contributed by atoms with Gasteiger partial charge >= 0.3 is 6.03 Å². The number of ether oxygens (including phenoxy) is 1. The van der Waals surface area contributed by atoms with Gasteiger partial charge in [-0.3, -0.25) is 15.3 Å². The van der Waals surface area contributed by atoms with Crippen molar-refractivity contribution < 1.29 is 9.53 Å². The third-order valence-electron chi connectivity index (χ3n) is 6.85. The number of hydrogen-bond acceptors (Lipinski definition) is 6. The van der Waals surface area contributed by atoms with Crippen LogP contribution in [-0.4, -0.2) is 102 Å². The molecule has 0 saturated carbocycles. The Morgan fingerprint density at radius 1 is 1.00 bits per heavy atom. The van der Waals surface area contributed by atoms with E-state index < -0.39 is 0 Å². The zero-order valence-corrected chi connectivity index (χ0v) is 22.2. The average molecular weight is 530 g/mol. The molecule has 11 nitrogen and oxygen atoms in total. The van der Waals surface area contributed by atoms with Gasteiger partial charge < -0.3 is 30.2 Å². The lowest BCUT2D eigenvalue weighted by Gasteiger charge is -2.32. The Morgan fingerprint density at radius 2 is 1.72 bits per heavy atom. The van der Waals surface area contributed by atoms with Crippen LogP contribution in [0, 0.1) is 5.41 Å². The van der Waals surface area contributed by atoms with Gasteiger partial charge in [-0.15, -0.1) is 0 Å². The molecule has 0 atom stereocenters. The number of piperazine rings is 1. The molecule has 2 saturated heterocycles. The second-order valence-electron chi connectivity index (χ2n) is 9.74. The summed E-state index contributed by atoms with van der Waals surface area (Å²) in [5.74, 6) is 0.864. The quantitative estimate of drug-likeness (QED) is 0.288. The van der Waals surface area contributed by atoms with Crippen molar-refractivity contribution in [2.75, 3.05) is 70.2 Å². The maximum absolute atomic E-state index is 12.5. The molecule has 11 heteroatoms. The number of anilines is 2. The molecule has 2 aliphatic rings. The lowest BCUT2D eigenvalue weighted by molar-refractivity contribution is 0.0682. The Hall–Kier alpha value is -4.06. The summed E-state index contributed by atoms with van der Waals surface area (Å²) in [5, 5.41) is 14.2. The fourth-order valence-electron chi connectivity index (χ4n) is 4.55. The summed E-state index contributed by atoms with van der Waals surface area (Å²) in [5.41, 5.74) is 3.74. The van der Waals surface area contributed by atoms with Crippen LogP contribution < -0.4 is 10.6 Å². The predicted molar refractivity (Wildman–Crippen MR) is 153 cm³/mol. The second kappa shape index (κ2) is 12.7. The first-order valence-corrected chi connectivity index (χ1v) is 13.2. The maximum atomic E-state index is 12.5. The smallest absolute Gasteiger partial charge is 0.323 e. The Morgan fingerprint density at radius 3 is 2.38 bits per heavy atom. The molecule has 0 spiro atoms. The van der Waals surface area contributed by atoms with Crippen molar-refractivity contribution in [2.45, 2.75) is 6.54 Å². The molecule has 0 aliphatic carbocycles. The van der Waals surface area contributed by atoms with Crippen molar-refractivity contribution in [1.82, 2.24) is 24.7 Å². The van der Waals surface area contributed by atoms with Crippen molar-refractivity contribution in [3.63, 3.8) is 0 Å². The van der Waals surface area contributed by atoms with Gasteiger partial charge in [-0.05, 0) is 55.6 Å². The molecule has 4 heterocycles. The number of carbonyl (C=O) groups is 1. The normalized spacial score (nSPS) is 17.2. The second-order valence-corrected chi connectivity index (χ2v) is 9.74. The molecular weight excluding hydrogens is 494 g/mol. The number of amidine groups is 2. The molecule has 2 aliphatic heterocycles. The van der Waals surface area contributed by atoms with E-state index in [0.717, 1.165) is 63.0 Å². The standard InChI is InChI=1S/C28H35N9O2/c1-35-11-13-36(14-12-35)20-24-9-8-23(19-31-24)33-28(38)32-22-6-4-21(5-7-22)26(29)34-27(25-3-2-10-30-25)37-15-17-39-18-16-37/h2-10,19,29-30H,11-18,20H2,1H3,(H2,32,33,38). The summed E-state index contributed by atoms with van der Waals surface area (Å²) < 4.78 is 5.47. The minimum atomic E-state index is -0.356. The number of H-pyrrole nitrogens is 1. The van der Waals surface area contributed by atoms with Crippen LogP contribution in [0.2, 0.25) is 0 Å². The SMILES string of the molecule is CN1CCN(Cc2ccc(NC(=O)Nc3ccc(C(=N)N=C(c4ccc[nH]4)N4CCOCC4)cc3)cn2)CC1. The number of hydrogen-bond donors (Lipinski definition) is 4. The van der Waals surface area contributed by atoms with Gasteiger partial charge in [0.05, 0.1) is 36.5 Å². The highest BCUT2D eigenvalue weighted by atomic mass is 16.5. The minimum absolute atomic E-state index is 0.143. The van der Waals surface area contributed by atoms with Crippen molar-refractivity contribution >= 4 is 29.1 Å². The largest absolute Gasteiger partial charge is 0.378 e. The molecule has 2 fully saturated rings. The molecule has 0 unspecified atom stereocenters. The fourth-order valence-corrected chi connectivity index (χ4v) is 4.55. The van der Waals surface area contributed by atoms with Gasteiger partial charge in [-0.2, -0.15) is 0 Å². The summed E-state index contributed by atoms with van der Waals surface area (Å²) in [6.45, 7) is 7.72. The summed E-state index contributed by atoms with van der Waals surface area (Å²) in [7, 11) is 2.14. The first-order valence-electron chi connectivity index (χ1n) is 13.2. The van der Waals surface area contributed by atoms with E-state index in [1.807, 2.05) is 30.5 Å².